The summed E-state index contributed by atoms with van der Waals surface area (Å²) >= 11 is 0. The molecule has 0 spiro atoms. The maximum atomic E-state index is 6.08. The third kappa shape index (κ3) is 5.34. The van der Waals surface area contributed by atoms with E-state index in [4.69, 9.17) is 4.74 Å². The molecule has 0 aromatic carbocycles. The molecule has 1 saturated carbocycles. The standard InChI is InChI=1S/C15H30O/c1-4-6-7-14(5-2)12-16-15-10-8-13(3)9-11-15/h13-15H,4-12H2,1-3H3. The van der Waals surface area contributed by atoms with E-state index in [1.54, 1.807) is 0 Å². The van der Waals surface area contributed by atoms with E-state index >= 15 is 0 Å². The molecule has 0 N–H and O–H groups in total. The van der Waals surface area contributed by atoms with Crippen molar-refractivity contribution in [1.82, 2.24) is 0 Å². The predicted molar refractivity (Wildman–Crippen MR) is 70.7 cm³/mol. The third-order valence-corrected chi connectivity index (χ3v) is 4.07. The Balaban J connectivity index is 2.11. The summed E-state index contributed by atoms with van der Waals surface area (Å²) in [7, 11) is 0. The lowest BCUT2D eigenvalue weighted by molar-refractivity contribution is -0.00171. The fourth-order valence-electron chi connectivity index (χ4n) is 2.57. The molecule has 0 aromatic rings. The molecule has 0 bridgehead atoms. The Bertz CT molecular complexity index is 154. The van der Waals surface area contributed by atoms with E-state index in [1.165, 1.54) is 51.4 Å². The highest BCUT2D eigenvalue weighted by molar-refractivity contribution is 4.70. The van der Waals surface area contributed by atoms with Crippen molar-refractivity contribution in [3.05, 3.63) is 0 Å². The molecule has 1 unspecified atom stereocenters. The van der Waals surface area contributed by atoms with Crippen molar-refractivity contribution < 1.29 is 4.74 Å². The van der Waals surface area contributed by atoms with Gasteiger partial charge in [0.05, 0.1) is 6.10 Å². The second kappa shape index (κ2) is 8.11. The maximum Gasteiger partial charge on any atom is 0.0575 e. The van der Waals surface area contributed by atoms with Gasteiger partial charge < -0.3 is 4.74 Å². The molecule has 0 radical (unpaired) electrons. The summed E-state index contributed by atoms with van der Waals surface area (Å²) in [6.45, 7) is 7.95. The number of ether oxygens (including phenoxy) is 1. The Hall–Kier alpha value is -0.0400. The van der Waals surface area contributed by atoms with Gasteiger partial charge in [-0.1, -0.05) is 40.0 Å². The smallest absolute Gasteiger partial charge is 0.0575 e. The summed E-state index contributed by atoms with van der Waals surface area (Å²) < 4.78 is 6.08. The largest absolute Gasteiger partial charge is 0.378 e. The van der Waals surface area contributed by atoms with E-state index < -0.39 is 0 Å². The Labute approximate surface area is 102 Å². The van der Waals surface area contributed by atoms with Gasteiger partial charge in [0.15, 0.2) is 0 Å². The van der Waals surface area contributed by atoms with Crippen LogP contribution in [0.1, 0.15) is 72.1 Å². The van der Waals surface area contributed by atoms with Crippen LogP contribution in [0, 0.1) is 11.8 Å². The van der Waals surface area contributed by atoms with Gasteiger partial charge in [-0.2, -0.15) is 0 Å². The topological polar surface area (TPSA) is 9.23 Å². The van der Waals surface area contributed by atoms with Gasteiger partial charge in [0.1, 0.15) is 0 Å². The van der Waals surface area contributed by atoms with Crippen molar-refractivity contribution >= 4 is 0 Å². The molecule has 0 heterocycles. The number of hydrogen-bond acceptors (Lipinski definition) is 1. The van der Waals surface area contributed by atoms with Crippen LogP contribution in [0.3, 0.4) is 0 Å². The summed E-state index contributed by atoms with van der Waals surface area (Å²) in [4.78, 5) is 0. The summed E-state index contributed by atoms with van der Waals surface area (Å²) in [5.74, 6) is 1.74. The SMILES string of the molecule is CCCCC(CC)COC1CCC(C)CC1. The van der Waals surface area contributed by atoms with Crippen molar-refractivity contribution in [3.8, 4) is 0 Å². The minimum absolute atomic E-state index is 0.576. The summed E-state index contributed by atoms with van der Waals surface area (Å²) in [5, 5.41) is 0. The van der Waals surface area contributed by atoms with Crippen LogP contribution in [0.2, 0.25) is 0 Å². The van der Waals surface area contributed by atoms with Crippen molar-refractivity contribution in [3.63, 3.8) is 0 Å². The van der Waals surface area contributed by atoms with Gasteiger partial charge in [-0.15, -0.1) is 0 Å². The van der Waals surface area contributed by atoms with Crippen LogP contribution in [-0.2, 0) is 4.74 Å². The van der Waals surface area contributed by atoms with E-state index in [0.717, 1.165) is 18.4 Å². The van der Waals surface area contributed by atoms with Gasteiger partial charge in [0.25, 0.3) is 0 Å². The summed E-state index contributed by atoms with van der Waals surface area (Å²) in [5.41, 5.74) is 0. The van der Waals surface area contributed by atoms with Gasteiger partial charge in [-0.3, -0.25) is 0 Å². The van der Waals surface area contributed by atoms with Crippen LogP contribution in [-0.4, -0.2) is 12.7 Å². The molecule has 1 rings (SSSR count). The molecule has 1 heteroatoms. The van der Waals surface area contributed by atoms with Crippen LogP contribution < -0.4 is 0 Å². The predicted octanol–water partition coefficient (Wildman–Crippen LogP) is 4.80. The van der Waals surface area contributed by atoms with E-state index in [1.807, 2.05) is 0 Å². The normalized spacial score (nSPS) is 27.9. The first-order chi connectivity index (χ1) is 7.76. The third-order valence-electron chi connectivity index (χ3n) is 4.07. The zero-order valence-corrected chi connectivity index (χ0v) is 11.5. The Kier molecular flexibility index (Phi) is 7.11. The van der Waals surface area contributed by atoms with Crippen molar-refractivity contribution in [2.24, 2.45) is 11.8 Å². The molecule has 1 atom stereocenters. The highest BCUT2D eigenvalue weighted by Gasteiger charge is 2.19. The van der Waals surface area contributed by atoms with Crippen molar-refractivity contribution in [2.45, 2.75) is 78.2 Å². The molecule has 1 aliphatic carbocycles. The van der Waals surface area contributed by atoms with Crippen molar-refractivity contribution in [2.75, 3.05) is 6.61 Å². The first kappa shape index (κ1) is 14.0. The van der Waals surface area contributed by atoms with Gasteiger partial charge in [0, 0.05) is 6.61 Å². The van der Waals surface area contributed by atoms with Crippen LogP contribution in [0.15, 0.2) is 0 Å². The van der Waals surface area contributed by atoms with Crippen LogP contribution in [0.4, 0.5) is 0 Å². The average molecular weight is 226 g/mol. The van der Waals surface area contributed by atoms with Gasteiger partial charge in [-0.25, -0.2) is 0 Å². The van der Waals surface area contributed by atoms with E-state index in [-0.39, 0.29) is 0 Å². The summed E-state index contributed by atoms with van der Waals surface area (Å²) in [6, 6.07) is 0. The fraction of sp³-hybridized carbons (Fsp3) is 1.00. The average Bonchev–Trinajstić information content (AvgIpc) is 2.32. The molecule has 0 saturated heterocycles. The molecular formula is C15H30O. The molecule has 0 aromatic heterocycles. The lowest BCUT2D eigenvalue weighted by Crippen LogP contribution is -2.23. The molecular weight excluding hydrogens is 196 g/mol. The maximum absolute atomic E-state index is 6.08. The minimum Gasteiger partial charge on any atom is -0.378 e. The van der Waals surface area contributed by atoms with Crippen molar-refractivity contribution in [1.29, 1.82) is 0 Å². The van der Waals surface area contributed by atoms with Gasteiger partial charge >= 0.3 is 0 Å². The second-order valence-electron chi connectivity index (χ2n) is 5.63. The number of rotatable bonds is 7. The highest BCUT2D eigenvalue weighted by atomic mass is 16.5. The van der Waals surface area contributed by atoms with E-state index in [9.17, 15) is 0 Å². The lowest BCUT2D eigenvalue weighted by atomic mass is 9.89. The first-order valence-electron chi connectivity index (χ1n) is 7.37. The molecule has 1 aliphatic rings. The lowest BCUT2D eigenvalue weighted by Gasteiger charge is -2.27. The molecule has 1 nitrogen and oxygen atoms in total. The van der Waals surface area contributed by atoms with Crippen LogP contribution in [0.5, 0.6) is 0 Å². The molecule has 16 heavy (non-hydrogen) atoms. The summed E-state index contributed by atoms with van der Waals surface area (Å²) in [6.07, 6.45) is 11.2. The highest BCUT2D eigenvalue weighted by Crippen LogP contribution is 2.26. The Morgan fingerprint density at radius 3 is 2.38 bits per heavy atom. The van der Waals surface area contributed by atoms with Crippen LogP contribution >= 0.6 is 0 Å². The first-order valence-corrected chi connectivity index (χ1v) is 7.37. The monoisotopic (exact) mass is 226 g/mol. The molecule has 0 amide bonds. The fourth-order valence-corrected chi connectivity index (χ4v) is 2.57. The zero-order chi connectivity index (χ0) is 11.8. The van der Waals surface area contributed by atoms with Gasteiger partial charge in [-0.05, 0) is 43.9 Å². The zero-order valence-electron chi connectivity index (χ0n) is 11.5. The molecule has 96 valence electrons. The minimum atomic E-state index is 0.576. The molecule has 1 fully saturated rings. The van der Waals surface area contributed by atoms with Gasteiger partial charge in [0.2, 0.25) is 0 Å². The Morgan fingerprint density at radius 2 is 1.81 bits per heavy atom. The molecule has 0 aliphatic heterocycles. The van der Waals surface area contributed by atoms with Crippen LogP contribution in [0.25, 0.3) is 0 Å². The second-order valence-corrected chi connectivity index (χ2v) is 5.63. The quantitative estimate of drug-likeness (QED) is 0.606. The van der Waals surface area contributed by atoms with E-state index in [0.29, 0.717) is 6.10 Å². The number of unbranched alkanes of at least 4 members (excludes halogenated alkanes) is 1. The number of hydrogen-bond donors (Lipinski definition) is 0. The van der Waals surface area contributed by atoms with E-state index in [2.05, 4.69) is 20.8 Å². The Morgan fingerprint density at radius 1 is 1.12 bits per heavy atom.